The Morgan fingerprint density at radius 3 is 2.28 bits per heavy atom. The Morgan fingerprint density at radius 2 is 1.66 bits per heavy atom. The van der Waals surface area contributed by atoms with Crippen molar-refractivity contribution in [3.8, 4) is 11.1 Å². The number of anilines is 1. The third-order valence-corrected chi connectivity index (χ3v) is 8.30. The molecule has 9 heteroatoms. The largest absolute Gasteiger partial charge is 0.378 e. The van der Waals surface area contributed by atoms with Gasteiger partial charge in [-0.2, -0.15) is 0 Å². The highest BCUT2D eigenvalue weighted by atomic mass is 32.2. The molecule has 1 aliphatic heterocycles. The molecule has 32 heavy (non-hydrogen) atoms. The first-order valence-corrected chi connectivity index (χ1v) is 13.7. The maximum absolute atomic E-state index is 12.9. The van der Waals surface area contributed by atoms with Crippen molar-refractivity contribution in [2.45, 2.75) is 16.2 Å². The highest BCUT2D eigenvalue weighted by Gasteiger charge is 2.21. The molecule has 2 heterocycles. The Bertz CT molecular complexity index is 1170. The second kappa shape index (κ2) is 10.1. The summed E-state index contributed by atoms with van der Waals surface area (Å²) in [6.07, 6.45) is 2.19. The Balaban J connectivity index is 1.46. The number of hydrogen-bond acceptors (Lipinski definition) is 6. The van der Waals surface area contributed by atoms with E-state index in [-0.39, 0.29) is 17.2 Å². The molecule has 1 N–H and O–H groups in total. The van der Waals surface area contributed by atoms with E-state index in [0.717, 1.165) is 11.1 Å². The monoisotopic (exact) mass is 488 g/mol. The van der Waals surface area contributed by atoms with E-state index in [0.29, 0.717) is 36.9 Å². The molecule has 1 aromatic heterocycles. The molecule has 6 nitrogen and oxygen atoms in total. The zero-order valence-corrected chi connectivity index (χ0v) is 20.1. The van der Waals surface area contributed by atoms with Crippen LogP contribution in [-0.2, 0) is 26.0 Å². The molecular weight excluding hydrogens is 464 g/mol. The smallest absolute Gasteiger partial charge is 0.261 e. The van der Waals surface area contributed by atoms with Crippen LogP contribution in [0.15, 0.2) is 69.8 Å². The number of ether oxygens (including phenoxy) is 1. The van der Waals surface area contributed by atoms with E-state index >= 15 is 0 Å². The lowest BCUT2D eigenvalue weighted by atomic mass is 10.1. The summed E-state index contributed by atoms with van der Waals surface area (Å²) in [4.78, 5) is 16.4. The summed E-state index contributed by atoms with van der Waals surface area (Å²) in [5.74, 6) is -0.0203. The number of carbonyl (C=O) groups is 1. The van der Waals surface area contributed by atoms with Gasteiger partial charge in [-0.1, -0.05) is 24.3 Å². The summed E-state index contributed by atoms with van der Waals surface area (Å²) in [5, 5.41) is 1.79. The van der Waals surface area contributed by atoms with Gasteiger partial charge in [-0.15, -0.1) is 23.1 Å². The molecular formula is C23H24N2O4S3. The lowest BCUT2D eigenvalue weighted by Crippen LogP contribution is -2.41. The minimum Gasteiger partial charge on any atom is -0.378 e. The molecule has 1 aliphatic rings. The fraction of sp³-hybridized carbons (Fsp3) is 0.261. The van der Waals surface area contributed by atoms with Crippen molar-refractivity contribution in [1.29, 1.82) is 0 Å². The van der Waals surface area contributed by atoms with Crippen LogP contribution in [0.3, 0.4) is 0 Å². The standard InChI is InChI=1S/C23H24N2O4S3/c1-30-19-6-2-17(3-7-19)18-4-8-20(9-5-18)32(27,28)24-21-10-15-31-22(21)16-23(26)25-11-13-29-14-12-25/h2-10,15,24H,11-14,16H2,1H3. The van der Waals surface area contributed by atoms with Crippen molar-refractivity contribution in [3.05, 3.63) is 64.9 Å². The second-order valence-electron chi connectivity index (χ2n) is 7.29. The van der Waals surface area contributed by atoms with E-state index in [1.165, 1.54) is 16.2 Å². The molecule has 0 radical (unpaired) electrons. The average molecular weight is 489 g/mol. The first kappa shape index (κ1) is 22.8. The van der Waals surface area contributed by atoms with Crippen molar-refractivity contribution in [2.75, 3.05) is 37.3 Å². The van der Waals surface area contributed by atoms with Crippen LogP contribution in [0, 0.1) is 0 Å². The molecule has 4 rings (SSSR count). The molecule has 0 aliphatic carbocycles. The van der Waals surface area contributed by atoms with Gasteiger partial charge in [-0.05, 0) is 53.1 Å². The van der Waals surface area contributed by atoms with E-state index in [2.05, 4.69) is 4.72 Å². The van der Waals surface area contributed by atoms with E-state index < -0.39 is 10.0 Å². The number of sulfonamides is 1. The van der Waals surface area contributed by atoms with E-state index in [9.17, 15) is 13.2 Å². The summed E-state index contributed by atoms with van der Waals surface area (Å²) < 4.78 is 33.8. The maximum atomic E-state index is 12.9. The third kappa shape index (κ3) is 5.35. The van der Waals surface area contributed by atoms with Gasteiger partial charge < -0.3 is 9.64 Å². The maximum Gasteiger partial charge on any atom is 0.261 e. The quantitative estimate of drug-likeness (QED) is 0.501. The Labute approximate surface area is 196 Å². The van der Waals surface area contributed by atoms with Crippen LogP contribution in [0.4, 0.5) is 5.69 Å². The van der Waals surface area contributed by atoms with Gasteiger partial charge in [0, 0.05) is 22.9 Å². The SMILES string of the molecule is CSc1ccc(-c2ccc(S(=O)(=O)Nc3ccsc3CC(=O)N3CCOCC3)cc2)cc1. The zero-order chi connectivity index (χ0) is 22.6. The summed E-state index contributed by atoms with van der Waals surface area (Å²) in [5.41, 5.74) is 2.43. The van der Waals surface area contributed by atoms with Crippen LogP contribution in [0.25, 0.3) is 11.1 Å². The highest BCUT2D eigenvalue weighted by molar-refractivity contribution is 7.98. The number of thiophene rings is 1. The van der Waals surface area contributed by atoms with Crippen molar-refractivity contribution < 1.29 is 17.9 Å². The summed E-state index contributed by atoms with van der Waals surface area (Å²) in [6.45, 7) is 2.20. The summed E-state index contributed by atoms with van der Waals surface area (Å²) >= 11 is 3.05. The van der Waals surface area contributed by atoms with Gasteiger partial charge in [0.15, 0.2) is 0 Å². The number of rotatable bonds is 7. The van der Waals surface area contributed by atoms with Gasteiger partial charge in [0.05, 0.1) is 30.2 Å². The van der Waals surface area contributed by atoms with Gasteiger partial charge >= 0.3 is 0 Å². The van der Waals surface area contributed by atoms with E-state index in [1.807, 2.05) is 30.5 Å². The summed E-state index contributed by atoms with van der Waals surface area (Å²) in [7, 11) is -3.77. The van der Waals surface area contributed by atoms with E-state index in [4.69, 9.17) is 4.74 Å². The minimum absolute atomic E-state index is 0.0203. The topological polar surface area (TPSA) is 75.7 Å². The first-order valence-electron chi connectivity index (χ1n) is 10.2. The van der Waals surface area contributed by atoms with Gasteiger partial charge in [0.1, 0.15) is 0 Å². The second-order valence-corrected chi connectivity index (χ2v) is 10.8. The number of amides is 1. The molecule has 1 amide bonds. The lowest BCUT2D eigenvalue weighted by molar-refractivity contribution is -0.134. The lowest BCUT2D eigenvalue weighted by Gasteiger charge is -2.26. The van der Waals surface area contributed by atoms with Crippen LogP contribution >= 0.6 is 23.1 Å². The molecule has 0 bridgehead atoms. The number of thioether (sulfide) groups is 1. The van der Waals surface area contributed by atoms with Crippen LogP contribution in [0.5, 0.6) is 0 Å². The Hall–Kier alpha value is -2.33. The van der Waals surface area contributed by atoms with Gasteiger partial charge in [0.25, 0.3) is 10.0 Å². The zero-order valence-electron chi connectivity index (χ0n) is 17.6. The van der Waals surface area contributed by atoms with E-state index in [1.54, 1.807) is 52.4 Å². The predicted molar refractivity (Wildman–Crippen MR) is 130 cm³/mol. The number of carbonyl (C=O) groups excluding carboxylic acids is 1. The number of nitrogens with zero attached hydrogens (tertiary/aromatic N) is 1. The first-order chi connectivity index (χ1) is 15.5. The molecule has 0 unspecified atom stereocenters. The number of nitrogens with one attached hydrogen (secondary N) is 1. The van der Waals surface area contributed by atoms with Crippen molar-refractivity contribution in [1.82, 2.24) is 4.90 Å². The Kier molecular flexibility index (Phi) is 7.20. The Morgan fingerprint density at radius 1 is 1.03 bits per heavy atom. The highest BCUT2D eigenvalue weighted by Crippen LogP contribution is 2.28. The molecule has 2 aromatic carbocycles. The van der Waals surface area contributed by atoms with Crippen molar-refractivity contribution in [3.63, 3.8) is 0 Å². The van der Waals surface area contributed by atoms with Gasteiger partial charge in [-0.25, -0.2) is 8.42 Å². The fourth-order valence-electron chi connectivity index (χ4n) is 3.44. The molecule has 0 atom stereocenters. The summed E-state index contributed by atoms with van der Waals surface area (Å²) in [6, 6.07) is 16.7. The minimum atomic E-state index is -3.77. The fourth-order valence-corrected chi connectivity index (χ4v) is 5.83. The van der Waals surface area contributed by atoms with Crippen LogP contribution in [-0.4, -0.2) is 51.8 Å². The van der Waals surface area contributed by atoms with Crippen LogP contribution in [0.1, 0.15) is 4.88 Å². The predicted octanol–water partition coefficient (Wildman–Crippen LogP) is 4.34. The normalized spacial score (nSPS) is 14.3. The third-order valence-electron chi connectivity index (χ3n) is 5.25. The molecule has 1 fully saturated rings. The van der Waals surface area contributed by atoms with Crippen molar-refractivity contribution >= 4 is 44.7 Å². The molecule has 0 saturated carbocycles. The molecule has 1 saturated heterocycles. The number of hydrogen-bond donors (Lipinski definition) is 1. The average Bonchev–Trinajstić information content (AvgIpc) is 3.25. The number of morpholine rings is 1. The molecule has 168 valence electrons. The number of benzene rings is 2. The van der Waals surface area contributed by atoms with Crippen LogP contribution in [0.2, 0.25) is 0 Å². The molecule has 3 aromatic rings. The molecule has 0 spiro atoms. The van der Waals surface area contributed by atoms with Gasteiger partial charge in [-0.3, -0.25) is 9.52 Å². The van der Waals surface area contributed by atoms with Crippen LogP contribution < -0.4 is 4.72 Å². The van der Waals surface area contributed by atoms with Gasteiger partial charge in [0.2, 0.25) is 5.91 Å². The van der Waals surface area contributed by atoms with Crippen molar-refractivity contribution in [2.24, 2.45) is 0 Å².